The number of anilines is 1. The van der Waals surface area contributed by atoms with Gasteiger partial charge in [0.1, 0.15) is 17.4 Å². The van der Waals surface area contributed by atoms with Crippen LogP contribution >= 0.6 is 0 Å². The summed E-state index contributed by atoms with van der Waals surface area (Å²) < 4.78 is 6.12. The summed E-state index contributed by atoms with van der Waals surface area (Å²) in [6.07, 6.45) is 1.92. The number of piperazine rings is 1. The predicted molar refractivity (Wildman–Crippen MR) is 148 cm³/mol. The molecule has 0 saturated carbocycles. The number of aromatic nitrogens is 3. The van der Waals surface area contributed by atoms with Crippen LogP contribution in [0.4, 0.5) is 5.82 Å². The number of nitrogens with zero attached hydrogens (tertiary/aromatic N) is 5. The maximum Gasteiger partial charge on any atom is 0.181 e. The zero-order valence-electron chi connectivity index (χ0n) is 22.3. The van der Waals surface area contributed by atoms with Gasteiger partial charge in [-0.25, -0.2) is 9.98 Å². The Morgan fingerprint density at radius 1 is 1.19 bits per heavy atom. The van der Waals surface area contributed by atoms with Gasteiger partial charge in [-0.2, -0.15) is 5.10 Å². The van der Waals surface area contributed by atoms with Gasteiger partial charge < -0.3 is 24.8 Å². The first-order chi connectivity index (χ1) is 17.1. The third kappa shape index (κ3) is 5.96. The molecule has 0 radical (unpaired) electrons. The Kier molecular flexibility index (Phi) is 7.49. The Bertz CT molecular complexity index is 1270. The van der Waals surface area contributed by atoms with Crippen molar-refractivity contribution in [1.82, 2.24) is 25.0 Å². The van der Waals surface area contributed by atoms with Gasteiger partial charge in [0, 0.05) is 71.6 Å². The van der Waals surface area contributed by atoms with Gasteiger partial charge in [-0.1, -0.05) is 20.8 Å². The zero-order chi connectivity index (χ0) is 25.9. The van der Waals surface area contributed by atoms with Crippen molar-refractivity contribution in [1.29, 1.82) is 0 Å². The second-order valence-electron chi connectivity index (χ2n) is 10.4. The van der Waals surface area contributed by atoms with Crippen LogP contribution in [0.1, 0.15) is 37.7 Å². The van der Waals surface area contributed by atoms with Crippen molar-refractivity contribution in [2.24, 2.45) is 9.98 Å². The molecule has 0 atom stereocenters. The molecule has 2 aromatic heterocycles. The van der Waals surface area contributed by atoms with Crippen molar-refractivity contribution in [3.63, 3.8) is 0 Å². The minimum atomic E-state index is -0.0254. The second kappa shape index (κ2) is 10.6. The number of hydrogen-bond acceptors (Lipinski definition) is 6. The zero-order valence-corrected chi connectivity index (χ0v) is 22.3. The van der Waals surface area contributed by atoms with Crippen molar-refractivity contribution in [3.8, 4) is 5.75 Å². The Hall–Kier alpha value is -3.59. The molecular weight excluding hydrogens is 452 g/mol. The van der Waals surface area contributed by atoms with Crippen molar-refractivity contribution < 1.29 is 4.74 Å². The van der Waals surface area contributed by atoms with Gasteiger partial charge in [-0.3, -0.25) is 5.10 Å². The van der Waals surface area contributed by atoms with E-state index in [1.807, 2.05) is 18.2 Å². The maximum absolute atomic E-state index is 6.12. The minimum absolute atomic E-state index is 0.0254. The first-order valence-corrected chi connectivity index (χ1v) is 12.3. The van der Waals surface area contributed by atoms with Crippen LogP contribution in [0, 0.1) is 13.8 Å². The molecule has 3 aromatic rings. The van der Waals surface area contributed by atoms with Gasteiger partial charge in [0.15, 0.2) is 12.5 Å². The van der Waals surface area contributed by atoms with Crippen molar-refractivity contribution >= 4 is 29.3 Å². The molecule has 1 saturated heterocycles. The average molecular weight is 491 g/mol. The number of aromatic amines is 2. The number of rotatable bonds is 7. The fraction of sp³-hybridized carbons (Fsp3) is 0.444. The van der Waals surface area contributed by atoms with Crippen LogP contribution in [-0.2, 0) is 5.41 Å². The molecule has 1 aliphatic rings. The summed E-state index contributed by atoms with van der Waals surface area (Å²) in [4.78, 5) is 17.0. The molecular formula is C27H38N8O. The molecule has 192 valence electrons. The third-order valence-electron chi connectivity index (χ3n) is 6.51. The molecule has 0 spiro atoms. The summed E-state index contributed by atoms with van der Waals surface area (Å²) in [5.74, 6) is 2.91. The third-order valence-corrected chi connectivity index (χ3v) is 6.51. The number of nitrogens with one attached hydrogen (secondary N) is 3. The normalized spacial score (nSPS) is 16.0. The van der Waals surface area contributed by atoms with Crippen LogP contribution in [0.3, 0.4) is 0 Å². The SMILES string of the molecule is C=N/C(=C\C(=N/COc1ccc2[nH]c(C)cc2c1C)N1CCN(C)CC1)Nc1cc(C(C)(C)C)[nH]n1. The predicted octanol–water partition coefficient (Wildman–Crippen LogP) is 4.44. The molecule has 3 N–H and O–H groups in total. The lowest BCUT2D eigenvalue weighted by atomic mass is 9.92. The van der Waals surface area contributed by atoms with Crippen LogP contribution in [0.15, 0.2) is 46.1 Å². The Balaban J connectivity index is 1.55. The lowest BCUT2D eigenvalue weighted by molar-refractivity contribution is 0.214. The first-order valence-electron chi connectivity index (χ1n) is 12.3. The van der Waals surface area contributed by atoms with Crippen LogP contribution in [-0.4, -0.2) is 77.5 Å². The number of amidine groups is 1. The van der Waals surface area contributed by atoms with Gasteiger partial charge in [-0.15, -0.1) is 0 Å². The summed E-state index contributed by atoms with van der Waals surface area (Å²) in [6.45, 7) is 18.2. The number of benzene rings is 1. The lowest BCUT2D eigenvalue weighted by Crippen LogP contribution is -2.47. The lowest BCUT2D eigenvalue weighted by Gasteiger charge is -2.33. The molecule has 9 nitrogen and oxygen atoms in total. The van der Waals surface area contributed by atoms with Crippen molar-refractivity contribution in [3.05, 3.63) is 53.1 Å². The monoisotopic (exact) mass is 490 g/mol. The van der Waals surface area contributed by atoms with E-state index in [2.05, 4.69) is 95.8 Å². The summed E-state index contributed by atoms with van der Waals surface area (Å²) in [5.41, 5.74) is 4.37. The van der Waals surface area contributed by atoms with Gasteiger partial charge in [0.05, 0.1) is 0 Å². The van der Waals surface area contributed by atoms with E-state index in [1.165, 1.54) is 5.39 Å². The molecule has 1 aromatic carbocycles. The summed E-state index contributed by atoms with van der Waals surface area (Å²) >= 11 is 0. The number of ether oxygens (including phenoxy) is 1. The molecule has 1 fully saturated rings. The van der Waals surface area contributed by atoms with E-state index in [4.69, 9.17) is 9.73 Å². The molecule has 1 aliphatic heterocycles. The highest BCUT2D eigenvalue weighted by Gasteiger charge is 2.19. The number of hydrogen-bond donors (Lipinski definition) is 3. The van der Waals surface area contributed by atoms with E-state index in [0.29, 0.717) is 11.6 Å². The number of likely N-dealkylation sites (N-methyl/N-ethyl adjacent to an activating group) is 1. The molecule has 0 unspecified atom stereocenters. The van der Waals surface area contributed by atoms with Crippen molar-refractivity contribution in [2.45, 2.75) is 40.0 Å². The molecule has 0 bridgehead atoms. The van der Waals surface area contributed by atoms with Crippen molar-refractivity contribution in [2.75, 3.05) is 45.3 Å². The van der Waals surface area contributed by atoms with Crippen LogP contribution in [0.5, 0.6) is 5.75 Å². The molecule has 36 heavy (non-hydrogen) atoms. The Labute approximate surface area is 213 Å². The van der Waals surface area contributed by atoms with Gasteiger partial charge in [-0.05, 0) is 45.8 Å². The summed E-state index contributed by atoms with van der Waals surface area (Å²) in [5, 5.41) is 11.9. The number of H-pyrrole nitrogens is 2. The van der Waals surface area contributed by atoms with E-state index in [0.717, 1.165) is 60.2 Å². The minimum Gasteiger partial charge on any atom is -0.471 e. The number of aryl methyl sites for hydroxylation is 2. The summed E-state index contributed by atoms with van der Waals surface area (Å²) in [7, 11) is 2.14. The van der Waals surface area contributed by atoms with Gasteiger partial charge in [0.25, 0.3) is 0 Å². The molecule has 0 amide bonds. The topological polar surface area (TPSA) is 96.9 Å². The highest BCUT2D eigenvalue weighted by Crippen LogP contribution is 2.28. The molecule has 9 heteroatoms. The van der Waals surface area contributed by atoms with E-state index >= 15 is 0 Å². The van der Waals surface area contributed by atoms with Gasteiger partial charge in [0.2, 0.25) is 0 Å². The number of fused-ring (bicyclic) bond motifs is 1. The van der Waals surface area contributed by atoms with E-state index in [1.54, 1.807) is 0 Å². The molecule has 3 heterocycles. The van der Waals surface area contributed by atoms with Crippen LogP contribution < -0.4 is 10.1 Å². The highest BCUT2D eigenvalue weighted by molar-refractivity contribution is 5.94. The fourth-order valence-corrected chi connectivity index (χ4v) is 4.21. The van der Waals surface area contributed by atoms with Crippen LogP contribution in [0.2, 0.25) is 0 Å². The second-order valence-corrected chi connectivity index (χ2v) is 10.4. The van der Waals surface area contributed by atoms with Gasteiger partial charge >= 0.3 is 0 Å². The highest BCUT2D eigenvalue weighted by atomic mass is 16.5. The average Bonchev–Trinajstić information content (AvgIpc) is 3.46. The quantitative estimate of drug-likeness (QED) is 0.336. The molecule has 4 rings (SSSR count). The van der Waals surface area contributed by atoms with E-state index in [9.17, 15) is 0 Å². The standard InChI is InChI=1S/C27H38N8O/c1-18-14-20-19(2)22(9-8-21(20)30-18)36-17-29-26(35-12-10-34(7)11-13-35)16-24(28-6)31-25-15-23(32-33-25)27(3,4)5/h8-9,14-16,30H,6,10-13,17H2,1-5,7H3,(H2,31,32,33)/b24-16+,29-26+. The smallest absolute Gasteiger partial charge is 0.181 e. The number of aliphatic imine (C=N–C) groups is 2. The first kappa shape index (κ1) is 25.5. The maximum atomic E-state index is 6.12. The largest absolute Gasteiger partial charge is 0.471 e. The van der Waals surface area contributed by atoms with E-state index < -0.39 is 0 Å². The molecule has 0 aliphatic carbocycles. The fourth-order valence-electron chi connectivity index (χ4n) is 4.21. The Morgan fingerprint density at radius 2 is 1.94 bits per heavy atom. The Morgan fingerprint density at radius 3 is 2.61 bits per heavy atom. The van der Waals surface area contributed by atoms with Crippen LogP contribution in [0.25, 0.3) is 10.9 Å². The summed E-state index contributed by atoms with van der Waals surface area (Å²) in [6, 6.07) is 8.19. The van der Waals surface area contributed by atoms with E-state index in [-0.39, 0.29) is 12.1 Å².